The van der Waals surface area contributed by atoms with Gasteiger partial charge in [-0.3, -0.25) is 4.39 Å². The maximum absolute atomic E-state index is 13.2. The molecule has 0 aliphatic carbocycles. The summed E-state index contributed by atoms with van der Waals surface area (Å²) >= 11 is 0. The fourth-order valence-electron chi connectivity index (χ4n) is 0.727. The Morgan fingerprint density at radius 2 is 2.00 bits per heavy atom. The molecule has 0 N–H and O–H groups in total. The summed E-state index contributed by atoms with van der Waals surface area (Å²) in [4.78, 5) is 0. The van der Waals surface area contributed by atoms with Gasteiger partial charge < -0.3 is 4.11 Å². The average molecular weight is 182 g/mol. The first-order chi connectivity index (χ1) is 4.48. The van der Waals surface area contributed by atoms with Crippen molar-refractivity contribution in [1.29, 1.82) is 0 Å². The molecule has 10 heavy (non-hydrogen) atoms. The van der Waals surface area contributed by atoms with Gasteiger partial charge in [0.25, 0.3) is 0 Å². The molecule has 0 aromatic carbocycles. The minimum Gasteiger partial charge on any atom is -0.314 e. The highest BCUT2D eigenvalue weighted by molar-refractivity contribution is 6.80. The molecule has 0 spiro atoms. The minimum atomic E-state index is -2.40. The fraction of sp³-hybridized carbons (Fsp3) is 1.00. The quantitative estimate of drug-likeness (QED) is 0.461. The zero-order valence-corrected chi connectivity index (χ0v) is 9.37. The number of alkyl halides is 1. The van der Waals surface area contributed by atoms with Crippen LogP contribution in [0.25, 0.3) is 0 Å². The van der Waals surface area contributed by atoms with Crippen LogP contribution in [0.4, 0.5) is 8.50 Å². The van der Waals surface area contributed by atoms with Crippen molar-refractivity contribution < 1.29 is 8.50 Å². The summed E-state index contributed by atoms with van der Waals surface area (Å²) in [5.41, 5.74) is 0. The molecule has 1 unspecified atom stereocenters. The van der Waals surface area contributed by atoms with E-state index in [0.717, 1.165) is 0 Å². The van der Waals surface area contributed by atoms with E-state index in [0.29, 0.717) is 6.04 Å². The predicted molar refractivity (Wildman–Crippen MR) is 47.3 cm³/mol. The molecular weight excluding hydrogens is 166 g/mol. The lowest BCUT2D eigenvalue weighted by Gasteiger charge is -2.18. The van der Waals surface area contributed by atoms with Crippen LogP contribution in [-0.4, -0.2) is 24.6 Å². The largest absolute Gasteiger partial charge is 0.314 e. The van der Waals surface area contributed by atoms with Crippen molar-refractivity contribution in [2.75, 3.05) is 6.67 Å². The summed E-state index contributed by atoms with van der Waals surface area (Å²) in [6.45, 7) is 5.11. The maximum atomic E-state index is 13.2. The molecule has 1 atom stereocenters. The molecule has 0 fully saturated rings. The highest BCUT2D eigenvalue weighted by Gasteiger charge is 2.28. The second-order valence-electron chi connectivity index (χ2n) is 3.30. The number of halogens is 2. The van der Waals surface area contributed by atoms with Crippen LogP contribution >= 0.6 is 0 Å². The van der Waals surface area contributed by atoms with E-state index in [-0.39, 0.29) is 11.8 Å². The first-order valence-corrected chi connectivity index (χ1v) is 8.50. The van der Waals surface area contributed by atoms with Crippen molar-refractivity contribution in [3.05, 3.63) is 0 Å². The van der Waals surface area contributed by atoms with Gasteiger partial charge in [0.05, 0.1) is 6.67 Å². The Balaban J connectivity index is 3.52. The van der Waals surface area contributed by atoms with Gasteiger partial charge in [0.1, 0.15) is 0 Å². The lowest BCUT2D eigenvalue weighted by atomic mass is 10.9. The average Bonchev–Trinajstić information content (AvgIpc) is 1.80. The molecule has 0 saturated heterocycles. The van der Waals surface area contributed by atoms with Crippen molar-refractivity contribution in [2.24, 2.45) is 0 Å². The Bertz CT molecular complexity index is 90.2. The van der Waals surface area contributed by atoms with Gasteiger partial charge in [-0.1, -0.05) is 6.92 Å². The van der Waals surface area contributed by atoms with Crippen molar-refractivity contribution in [2.45, 2.75) is 31.2 Å². The molecule has 0 bridgehead atoms. The molecule has 0 aromatic rings. The highest BCUT2D eigenvalue weighted by atomic mass is 28.4. The first-order valence-electron chi connectivity index (χ1n) is 3.73. The molecule has 0 nitrogen and oxygen atoms in total. The lowest BCUT2D eigenvalue weighted by Crippen LogP contribution is -2.28. The van der Waals surface area contributed by atoms with Gasteiger partial charge in [0.15, 0.2) is 0 Å². The van der Waals surface area contributed by atoms with Gasteiger partial charge in [-0.05, 0) is 24.3 Å². The van der Waals surface area contributed by atoms with Crippen molar-refractivity contribution >= 4 is 17.9 Å². The summed E-state index contributed by atoms with van der Waals surface area (Å²) in [7, 11) is -2.86. The Hall–Kier alpha value is 0.294. The molecular formula is C6H16F2Si2. The summed E-state index contributed by atoms with van der Waals surface area (Å²) in [6, 6.07) is 0.654. The van der Waals surface area contributed by atoms with Crippen LogP contribution in [0.15, 0.2) is 0 Å². The third-order valence-corrected chi connectivity index (χ3v) is 9.61. The molecule has 62 valence electrons. The summed E-state index contributed by atoms with van der Waals surface area (Å²) in [6.07, 6.45) is 0. The Morgan fingerprint density at radius 3 is 2.30 bits per heavy atom. The van der Waals surface area contributed by atoms with Crippen LogP contribution in [0, 0.1) is 0 Å². The van der Waals surface area contributed by atoms with Crippen LogP contribution < -0.4 is 0 Å². The van der Waals surface area contributed by atoms with Crippen molar-refractivity contribution in [3.8, 4) is 0 Å². The first kappa shape index (κ1) is 10.3. The van der Waals surface area contributed by atoms with E-state index in [2.05, 4.69) is 0 Å². The zero-order chi connectivity index (χ0) is 8.20. The Kier molecular flexibility index (Phi) is 4.35. The second-order valence-corrected chi connectivity index (χ2v) is 10.7. The van der Waals surface area contributed by atoms with E-state index in [1.807, 2.05) is 6.92 Å². The highest BCUT2D eigenvalue weighted by Crippen LogP contribution is 2.21. The summed E-state index contributed by atoms with van der Waals surface area (Å²) < 4.78 is 24.8. The van der Waals surface area contributed by atoms with Gasteiger partial charge in [0.2, 0.25) is 8.41 Å². The SMILES string of the molecule is CC([SiH2]CCF)[Si](C)(C)F. The van der Waals surface area contributed by atoms with Crippen LogP contribution in [0.2, 0.25) is 24.3 Å². The summed E-state index contributed by atoms with van der Waals surface area (Å²) in [5.74, 6) is 0. The molecule has 0 rings (SSSR count). The fourth-order valence-corrected chi connectivity index (χ4v) is 4.85. The van der Waals surface area contributed by atoms with E-state index in [1.165, 1.54) is 0 Å². The third kappa shape index (κ3) is 4.16. The molecule has 4 heteroatoms. The van der Waals surface area contributed by atoms with Crippen LogP contribution in [0.5, 0.6) is 0 Å². The van der Waals surface area contributed by atoms with Crippen molar-refractivity contribution in [1.82, 2.24) is 0 Å². The monoisotopic (exact) mass is 182 g/mol. The third-order valence-electron chi connectivity index (χ3n) is 1.94. The summed E-state index contributed by atoms with van der Waals surface area (Å²) in [5, 5.41) is 0.239. The van der Waals surface area contributed by atoms with E-state index >= 15 is 0 Å². The predicted octanol–water partition coefficient (Wildman–Crippen LogP) is 2.07. The molecule has 0 amide bonds. The molecule has 0 saturated carbocycles. The number of hydrogen-bond donors (Lipinski definition) is 0. The van der Waals surface area contributed by atoms with E-state index < -0.39 is 17.9 Å². The molecule has 0 radical (unpaired) electrons. The molecule has 0 heterocycles. The van der Waals surface area contributed by atoms with E-state index in [1.54, 1.807) is 13.1 Å². The standard InChI is InChI=1S/C6H16F2Si2/c1-6(9-5-4-7)10(2,3)8/h6H,4-5,9H2,1-3H3. The zero-order valence-electron chi connectivity index (χ0n) is 6.95. The number of hydrogen-bond acceptors (Lipinski definition) is 0. The molecule has 0 aromatic heterocycles. The van der Waals surface area contributed by atoms with Gasteiger partial charge in [0, 0.05) is 9.52 Å². The smallest absolute Gasteiger partial charge is 0.240 e. The van der Waals surface area contributed by atoms with Crippen LogP contribution in [0.3, 0.4) is 0 Å². The van der Waals surface area contributed by atoms with Crippen LogP contribution in [-0.2, 0) is 0 Å². The topological polar surface area (TPSA) is 0 Å². The van der Waals surface area contributed by atoms with E-state index in [4.69, 9.17) is 0 Å². The maximum Gasteiger partial charge on any atom is 0.240 e. The van der Waals surface area contributed by atoms with Crippen LogP contribution in [0.1, 0.15) is 6.92 Å². The Labute approximate surface area is 65.0 Å². The minimum absolute atomic E-state index is 0.239. The number of rotatable bonds is 4. The normalized spacial score (nSPS) is 16.5. The lowest BCUT2D eigenvalue weighted by molar-refractivity contribution is 0.525. The van der Waals surface area contributed by atoms with Crippen molar-refractivity contribution in [3.63, 3.8) is 0 Å². The van der Waals surface area contributed by atoms with Gasteiger partial charge in [-0.25, -0.2) is 0 Å². The van der Waals surface area contributed by atoms with Gasteiger partial charge >= 0.3 is 0 Å². The molecule has 0 aliphatic rings. The van der Waals surface area contributed by atoms with Gasteiger partial charge in [-0.15, -0.1) is 0 Å². The molecule has 0 aliphatic heterocycles. The second kappa shape index (κ2) is 4.23. The Morgan fingerprint density at radius 1 is 1.50 bits per heavy atom. The van der Waals surface area contributed by atoms with Gasteiger partial charge in [-0.2, -0.15) is 0 Å². The van der Waals surface area contributed by atoms with E-state index in [9.17, 15) is 8.50 Å².